The third kappa shape index (κ3) is 4.26. The maximum absolute atomic E-state index is 12.6. The predicted molar refractivity (Wildman–Crippen MR) is 92.2 cm³/mol. The lowest BCUT2D eigenvalue weighted by molar-refractivity contribution is -0.131. The summed E-state index contributed by atoms with van der Waals surface area (Å²) in [6.07, 6.45) is 2.16. The molecular weight excluding hydrogens is 308 g/mol. The number of hydrogen-bond acceptors (Lipinski definition) is 5. The molecule has 128 valence electrons. The highest BCUT2D eigenvalue weighted by atomic mass is 16.2. The number of rotatable bonds is 6. The van der Waals surface area contributed by atoms with E-state index in [-0.39, 0.29) is 0 Å². The molecule has 1 aliphatic heterocycles. The summed E-state index contributed by atoms with van der Waals surface area (Å²) in [7, 11) is 3.93. The Morgan fingerprint density at radius 2 is 2.04 bits per heavy atom. The molecule has 1 saturated heterocycles. The number of aryl methyl sites for hydroxylation is 1. The molecule has 0 radical (unpaired) electrons. The maximum Gasteiger partial charge on any atom is 0.335 e. The highest BCUT2D eigenvalue weighted by Gasteiger charge is 2.40. The average molecular weight is 330 g/mol. The van der Waals surface area contributed by atoms with Crippen LogP contribution < -0.4 is 10.2 Å². The van der Waals surface area contributed by atoms with Crippen molar-refractivity contribution in [1.82, 2.24) is 10.2 Å². The lowest BCUT2D eigenvalue weighted by atomic mass is 10.1. The molecule has 0 bridgehead atoms. The third-order valence-corrected chi connectivity index (χ3v) is 3.61. The van der Waals surface area contributed by atoms with Gasteiger partial charge in [0.2, 0.25) is 5.91 Å². The molecule has 1 N–H and O–H groups in total. The number of imide groups is 2. The molecule has 7 heteroatoms. The van der Waals surface area contributed by atoms with Crippen LogP contribution >= 0.6 is 0 Å². The zero-order chi connectivity index (χ0) is 17.7. The van der Waals surface area contributed by atoms with Gasteiger partial charge >= 0.3 is 6.03 Å². The Labute approximate surface area is 141 Å². The summed E-state index contributed by atoms with van der Waals surface area (Å²) in [5, 5.41) is 2.21. The number of urea groups is 1. The second kappa shape index (κ2) is 7.83. The first kappa shape index (κ1) is 17.8. The van der Waals surface area contributed by atoms with E-state index in [9.17, 15) is 14.4 Å². The van der Waals surface area contributed by atoms with Crippen LogP contribution in [-0.4, -0.2) is 56.1 Å². The van der Waals surface area contributed by atoms with Gasteiger partial charge in [-0.05, 0) is 51.7 Å². The molecule has 1 aromatic carbocycles. The number of anilines is 1. The van der Waals surface area contributed by atoms with Crippen LogP contribution in [0.15, 0.2) is 29.3 Å². The van der Waals surface area contributed by atoms with Gasteiger partial charge in [-0.1, -0.05) is 12.1 Å². The summed E-state index contributed by atoms with van der Waals surface area (Å²) >= 11 is 0. The Balaban J connectivity index is 2.12. The van der Waals surface area contributed by atoms with Crippen LogP contribution in [0.5, 0.6) is 0 Å². The molecule has 1 fully saturated rings. The van der Waals surface area contributed by atoms with Crippen molar-refractivity contribution in [1.29, 1.82) is 0 Å². The van der Waals surface area contributed by atoms with E-state index in [2.05, 4.69) is 10.3 Å². The van der Waals surface area contributed by atoms with E-state index in [4.69, 9.17) is 0 Å². The first-order chi connectivity index (χ1) is 11.4. The minimum atomic E-state index is -1.08. The van der Waals surface area contributed by atoms with Crippen molar-refractivity contribution in [2.45, 2.75) is 13.3 Å². The summed E-state index contributed by atoms with van der Waals surface area (Å²) in [6.45, 7) is 3.26. The molecule has 0 aliphatic carbocycles. The van der Waals surface area contributed by atoms with E-state index in [1.165, 1.54) is 6.21 Å². The topological polar surface area (TPSA) is 82.1 Å². The Bertz CT molecular complexity index is 670. The highest BCUT2D eigenvalue weighted by molar-refractivity contribution is 6.32. The van der Waals surface area contributed by atoms with Gasteiger partial charge < -0.3 is 4.90 Å². The average Bonchev–Trinajstić information content (AvgIpc) is 2.49. The third-order valence-electron chi connectivity index (χ3n) is 3.61. The van der Waals surface area contributed by atoms with Gasteiger partial charge in [-0.25, -0.2) is 9.69 Å². The molecule has 1 aliphatic rings. The van der Waals surface area contributed by atoms with Crippen molar-refractivity contribution in [3.05, 3.63) is 29.8 Å². The molecule has 0 aromatic heterocycles. The number of carbonyl (C=O) groups excluding carboxylic acids is 3. The summed E-state index contributed by atoms with van der Waals surface area (Å²) in [5.74, 6) is -2.29. The number of carbonyl (C=O) groups is 3. The van der Waals surface area contributed by atoms with Crippen LogP contribution in [0.4, 0.5) is 10.5 Å². The molecule has 0 spiro atoms. The number of aliphatic imine (C=N–C) groups is 1. The molecule has 1 aromatic rings. The summed E-state index contributed by atoms with van der Waals surface area (Å²) < 4.78 is 0. The molecule has 7 nitrogen and oxygen atoms in total. The van der Waals surface area contributed by atoms with Gasteiger partial charge in [-0.3, -0.25) is 19.9 Å². The largest absolute Gasteiger partial charge is 0.335 e. The van der Waals surface area contributed by atoms with Gasteiger partial charge in [0.15, 0.2) is 5.92 Å². The van der Waals surface area contributed by atoms with E-state index < -0.39 is 23.8 Å². The summed E-state index contributed by atoms with van der Waals surface area (Å²) in [4.78, 5) is 43.8. The van der Waals surface area contributed by atoms with Crippen LogP contribution in [0.3, 0.4) is 0 Å². The predicted octanol–water partition coefficient (Wildman–Crippen LogP) is 1.22. The molecule has 2 rings (SSSR count). The van der Waals surface area contributed by atoms with E-state index in [1.54, 1.807) is 18.2 Å². The first-order valence-corrected chi connectivity index (χ1v) is 7.80. The van der Waals surface area contributed by atoms with Crippen LogP contribution in [-0.2, 0) is 9.59 Å². The van der Waals surface area contributed by atoms with E-state index in [0.29, 0.717) is 12.2 Å². The molecule has 0 saturated carbocycles. The lowest BCUT2D eigenvalue weighted by Gasteiger charge is -2.28. The molecule has 1 atom stereocenters. The standard InChI is InChI=1S/C17H22N4O3/c1-12-6-4-7-13(10-12)21-16(23)14(15(22)19-17(21)24)11-18-8-5-9-20(2)3/h4,6-7,10-11,14H,5,8-9H2,1-3H3,(H,19,22,24)/t14-/m1/s1. The van der Waals surface area contributed by atoms with E-state index in [0.717, 1.165) is 23.4 Å². The quantitative estimate of drug-likeness (QED) is 0.483. The van der Waals surface area contributed by atoms with Crippen LogP contribution in [0, 0.1) is 12.8 Å². The van der Waals surface area contributed by atoms with E-state index >= 15 is 0 Å². The minimum absolute atomic E-state index is 0.441. The summed E-state index contributed by atoms with van der Waals surface area (Å²) in [5.41, 5.74) is 1.36. The monoisotopic (exact) mass is 330 g/mol. The SMILES string of the molecule is Cc1cccc(N2C(=O)NC(=O)[C@@H](C=NCCCN(C)C)C2=O)c1. The second-order valence-electron chi connectivity index (χ2n) is 6.00. The van der Waals surface area contributed by atoms with Crippen molar-refractivity contribution in [3.63, 3.8) is 0 Å². The Morgan fingerprint density at radius 1 is 1.29 bits per heavy atom. The zero-order valence-corrected chi connectivity index (χ0v) is 14.2. The Morgan fingerprint density at radius 3 is 2.71 bits per heavy atom. The van der Waals surface area contributed by atoms with Crippen LogP contribution in [0.1, 0.15) is 12.0 Å². The number of hydrogen-bond donors (Lipinski definition) is 1. The molecule has 24 heavy (non-hydrogen) atoms. The fourth-order valence-electron chi connectivity index (χ4n) is 2.39. The number of nitrogens with zero attached hydrogens (tertiary/aromatic N) is 3. The van der Waals surface area contributed by atoms with E-state index in [1.807, 2.05) is 32.0 Å². The first-order valence-electron chi connectivity index (χ1n) is 7.80. The number of barbiturate groups is 1. The number of nitrogens with one attached hydrogen (secondary N) is 1. The molecule has 1 heterocycles. The molecular formula is C17H22N4O3. The van der Waals surface area contributed by atoms with Gasteiger partial charge in [-0.2, -0.15) is 0 Å². The van der Waals surface area contributed by atoms with Gasteiger partial charge in [0.05, 0.1) is 5.69 Å². The Kier molecular flexibility index (Phi) is 5.81. The normalized spacial score (nSPS) is 18.6. The highest BCUT2D eigenvalue weighted by Crippen LogP contribution is 2.21. The van der Waals surface area contributed by atoms with Gasteiger partial charge in [-0.15, -0.1) is 0 Å². The van der Waals surface area contributed by atoms with Crippen LogP contribution in [0.2, 0.25) is 0 Å². The lowest BCUT2D eigenvalue weighted by Crippen LogP contribution is -2.58. The van der Waals surface area contributed by atoms with Gasteiger partial charge in [0.1, 0.15) is 0 Å². The van der Waals surface area contributed by atoms with Crippen molar-refractivity contribution >= 4 is 29.7 Å². The Hall–Kier alpha value is -2.54. The van der Waals surface area contributed by atoms with Gasteiger partial charge in [0.25, 0.3) is 5.91 Å². The van der Waals surface area contributed by atoms with Crippen molar-refractivity contribution in [2.75, 3.05) is 32.1 Å². The number of amides is 4. The fraction of sp³-hybridized carbons (Fsp3) is 0.412. The minimum Gasteiger partial charge on any atom is -0.309 e. The van der Waals surface area contributed by atoms with Crippen molar-refractivity contribution in [3.8, 4) is 0 Å². The summed E-state index contributed by atoms with van der Waals surface area (Å²) in [6, 6.07) is 6.27. The van der Waals surface area contributed by atoms with Gasteiger partial charge in [0, 0.05) is 12.8 Å². The molecule has 4 amide bonds. The zero-order valence-electron chi connectivity index (χ0n) is 14.2. The smallest absolute Gasteiger partial charge is 0.309 e. The van der Waals surface area contributed by atoms with Crippen molar-refractivity contribution < 1.29 is 14.4 Å². The number of benzene rings is 1. The van der Waals surface area contributed by atoms with Crippen molar-refractivity contribution in [2.24, 2.45) is 10.9 Å². The second-order valence-corrected chi connectivity index (χ2v) is 6.00. The maximum atomic E-state index is 12.6. The van der Waals surface area contributed by atoms with Crippen LogP contribution in [0.25, 0.3) is 0 Å². The molecule has 0 unspecified atom stereocenters. The fourth-order valence-corrected chi connectivity index (χ4v) is 2.39.